The van der Waals surface area contributed by atoms with Crippen molar-refractivity contribution in [2.75, 3.05) is 4.90 Å². The SMILES string of the molecule is Cc1cc(/C=C2\C(=O)NC(=S)N(c3ccc(C(=O)[O-])cc3)C2=O)c(C)n1C. The van der Waals surface area contributed by atoms with Crippen molar-refractivity contribution in [1.82, 2.24) is 9.88 Å². The second kappa shape index (κ2) is 6.81. The van der Waals surface area contributed by atoms with Gasteiger partial charge in [0.2, 0.25) is 0 Å². The van der Waals surface area contributed by atoms with Crippen molar-refractivity contribution in [1.29, 1.82) is 0 Å². The summed E-state index contributed by atoms with van der Waals surface area (Å²) in [7, 11) is 1.90. The lowest BCUT2D eigenvalue weighted by Gasteiger charge is -2.29. The first-order valence-corrected chi connectivity index (χ1v) is 8.47. The molecular formula is C19H16N3O4S-. The molecule has 1 aromatic heterocycles. The van der Waals surface area contributed by atoms with Crippen LogP contribution < -0.4 is 15.3 Å². The summed E-state index contributed by atoms with van der Waals surface area (Å²) in [5.74, 6) is -2.47. The van der Waals surface area contributed by atoms with E-state index in [9.17, 15) is 19.5 Å². The predicted molar refractivity (Wildman–Crippen MR) is 102 cm³/mol. The normalized spacial score (nSPS) is 16.0. The second-order valence-corrected chi connectivity index (χ2v) is 6.56. The topological polar surface area (TPSA) is 94.5 Å². The Morgan fingerprint density at radius 1 is 1.19 bits per heavy atom. The monoisotopic (exact) mass is 382 g/mol. The number of rotatable bonds is 3. The lowest BCUT2D eigenvalue weighted by Crippen LogP contribution is -2.54. The zero-order valence-corrected chi connectivity index (χ0v) is 15.7. The number of nitrogens with one attached hydrogen (secondary N) is 1. The first-order chi connectivity index (χ1) is 12.7. The van der Waals surface area contributed by atoms with E-state index in [0.29, 0.717) is 5.69 Å². The molecule has 0 aliphatic carbocycles. The molecule has 1 saturated heterocycles. The van der Waals surface area contributed by atoms with Crippen LogP contribution in [-0.4, -0.2) is 27.5 Å². The van der Waals surface area contributed by atoms with Crippen molar-refractivity contribution in [3.8, 4) is 0 Å². The molecule has 0 spiro atoms. The molecule has 2 heterocycles. The Balaban J connectivity index is 2.02. The number of thiocarbonyl (C=S) groups is 1. The van der Waals surface area contributed by atoms with Crippen molar-refractivity contribution in [2.45, 2.75) is 13.8 Å². The minimum Gasteiger partial charge on any atom is -0.545 e. The van der Waals surface area contributed by atoms with Crippen molar-refractivity contribution >= 4 is 46.9 Å². The Morgan fingerprint density at radius 2 is 1.81 bits per heavy atom. The van der Waals surface area contributed by atoms with Gasteiger partial charge in [-0.25, -0.2) is 0 Å². The Bertz CT molecular complexity index is 1020. The van der Waals surface area contributed by atoms with Gasteiger partial charge in [0.05, 0.1) is 11.7 Å². The number of carboxylic acid groups (broad SMARTS) is 1. The summed E-state index contributed by atoms with van der Waals surface area (Å²) in [6.45, 7) is 3.82. The number of aromatic nitrogens is 1. The number of hydrogen-bond donors (Lipinski definition) is 1. The Kier molecular flexibility index (Phi) is 4.67. The molecule has 7 nitrogen and oxygen atoms in total. The number of nitrogens with zero attached hydrogens (tertiary/aromatic N) is 2. The van der Waals surface area contributed by atoms with Crippen LogP contribution >= 0.6 is 12.2 Å². The smallest absolute Gasteiger partial charge is 0.270 e. The third-order valence-corrected chi connectivity index (χ3v) is 4.86. The molecular weight excluding hydrogens is 366 g/mol. The van der Waals surface area contributed by atoms with E-state index in [2.05, 4.69) is 5.32 Å². The number of anilines is 1. The zero-order valence-electron chi connectivity index (χ0n) is 14.9. The first kappa shape index (κ1) is 18.5. The van der Waals surface area contributed by atoms with Gasteiger partial charge in [-0.1, -0.05) is 12.1 Å². The molecule has 27 heavy (non-hydrogen) atoms. The van der Waals surface area contributed by atoms with Gasteiger partial charge in [-0.2, -0.15) is 0 Å². The molecule has 8 heteroatoms. The molecule has 1 fully saturated rings. The van der Waals surface area contributed by atoms with Gasteiger partial charge in [0.15, 0.2) is 5.11 Å². The lowest BCUT2D eigenvalue weighted by atomic mass is 10.1. The van der Waals surface area contributed by atoms with Crippen LogP contribution in [0.4, 0.5) is 5.69 Å². The van der Waals surface area contributed by atoms with E-state index in [-0.39, 0.29) is 16.2 Å². The van der Waals surface area contributed by atoms with Gasteiger partial charge in [-0.3, -0.25) is 19.8 Å². The van der Waals surface area contributed by atoms with Crippen LogP contribution in [0, 0.1) is 13.8 Å². The van der Waals surface area contributed by atoms with Crippen molar-refractivity contribution in [2.24, 2.45) is 7.05 Å². The molecule has 1 aliphatic heterocycles. The fourth-order valence-electron chi connectivity index (χ4n) is 2.82. The number of carbonyl (C=O) groups is 3. The highest BCUT2D eigenvalue weighted by atomic mass is 32.1. The van der Waals surface area contributed by atoms with Crippen LogP contribution in [0.25, 0.3) is 6.08 Å². The summed E-state index contributed by atoms with van der Waals surface area (Å²) in [5, 5.41) is 13.3. The maximum absolute atomic E-state index is 12.9. The van der Waals surface area contributed by atoms with Crippen LogP contribution in [0.15, 0.2) is 35.9 Å². The summed E-state index contributed by atoms with van der Waals surface area (Å²) in [6.07, 6.45) is 1.53. The molecule has 138 valence electrons. The number of amides is 2. The highest BCUT2D eigenvalue weighted by Crippen LogP contribution is 2.24. The molecule has 0 radical (unpaired) electrons. The van der Waals surface area contributed by atoms with Crippen LogP contribution in [0.1, 0.15) is 27.3 Å². The standard InChI is InChI=1S/C19H17N3O4S/c1-10-8-13(11(2)21(10)3)9-15-16(23)20-19(27)22(17(15)24)14-6-4-12(5-7-14)18(25)26/h4-9H,1-3H3,(H,25,26)(H,20,23,27)/p-1/b15-9+. The number of aromatic carboxylic acids is 1. The van der Waals surface area contributed by atoms with Gasteiger partial charge < -0.3 is 14.5 Å². The van der Waals surface area contributed by atoms with Gasteiger partial charge in [0.1, 0.15) is 5.57 Å². The summed E-state index contributed by atoms with van der Waals surface area (Å²) in [6, 6.07) is 7.37. The Hall–Kier alpha value is -3.26. The van der Waals surface area contributed by atoms with E-state index in [1.807, 2.05) is 31.5 Å². The average Bonchev–Trinajstić information content (AvgIpc) is 2.85. The first-order valence-electron chi connectivity index (χ1n) is 8.06. The number of hydrogen-bond acceptors (Lipinski definition) is 5. The third kappa shape index (κ3) is 3.26. The molecule has 2 aromatic rings. The van der Waals surface area contributed by atoms with Crippen LogP contribution in [0.2, 0.25) is 0 Å². The molecule has 0 saturated carbocycles. The van der Waals surface area contributed by atoms with E-state index in [0.717, 1.165) is 21.9 Å². The molecule has 1 aliphatic rings. The fraction of sp³-hybridized carbons (Fsp3) is 0.158. The van der Waals surface area contributed by atoms with Crippen LogP contribution in [0.3, 0.4) is 0 Å². The molecule has 0 unspecified atom stereocenters. The molecule has 0 bridgehead atoms. The molecule has 0 atom stereocenters. The molecule has 1 aromatic carbocycles. The van der Waals surface area contributed by atoms with E-state index in [4.69, 9.17) is 12.2 Å². The molecule has 1 N–H and O–H groups in total. The third-order valence-electron chi connectivity index (χ3n) is 4.58. The van der Waals surface area contributed by atoms with Crippen LogP contribution in [0.5, 0.6) is 0 Å². The van der Waals surface area contributed by atoms with E-state index < -0.39 is 17.8 Å². The molecule has 2 amide bonds. The number of benzene rings is 1. The van der Waals surface area contributed by atoms with E-state index in [1.165, 1.54) is 30.3 Å². The number of carboxylic acids is 1. The van der Waals surface area contributed by atoms with Crippen LogP contribution in [-0.2, 0) is 16.6 Å². The summed E-state index contributed by atoms with van der Waals surface area (Å²) >= 11 is 5.13. The average molecular weight is 382 g/mol. The lowest BCUT2D eigenvalue weighted by molar-refractivity contribution is -0.255. The Morgan fingerprint density at radius 3 is 2.33 bits per heavy atom. The highest BCUT2D eigenvalue weighted by Gasteiger charge is 2.34. The zero-order chi connectivity index (χ0) is 19.9. The van der Waals surface area contributed by atoms with Crippen molar-refractivity contribution in [3.63, 3.8) is 0 Å². The van der Waals surface area contributed by atoms with Gasteiger partial charge in [-0.05, 0) is 61.5 Å². The number of carbonyl (C=O) groups excluding carboxylic acids is 3. The maximum atomic E-state index is 12.9. The van der Waals surface area contributed by atoms with Gasteiger partial charge in [-0.15, -0.1) is 0 Å². The van der Waals surface area contributed by atoms with E-state index >= 15 is 0 Å². The van der Waals surface area contributed by atoms with Gasteiger partial charge >= 0.3 is 0 Å². The summed E-state index contributed by atoms with van der Waals surface area (Å²) in [4.78, 5) is 37.3. The maximum Gasteiger partial charge on any atom is 0.270 e. The summed E-state index contributed by atoms with van der Waals surface area (Å²) in [5.41, 5.74) is 2.94. The second-order valence-electron chi connectivity index (χ2n) is 6.18. The largest absolute Gasteiger partial charge is 0.545 e. The van der Waals surface area contributed by atoms with Gasteiger partial charge in [0.25, 0.3) is 11.8 Å². The van der Waals surface area contributed by atoms with Crippen molar-refractivity contribution < 1.29 is 19.5 Å². The highest BCUT2D eigenvalue weighted by molar-refractivity contribution is 7.80. The minimum atomic E-state index is -1.32. The summed E-state index contributed by atoms with van der Waals surface area (Å²) < 4.78 is 1.96. The quantitative estimate of drug-likeness (QED) is 0.482. The number of aryl methyl sites for hydroxylation is 1. The molecule has 3 rings (SSSR count). The van der Waals surface area contributed by atoms with Gasteiger partial charge in [0, 0.05) is 18.4 Å². The minimum absolute atomic E-state index is 0.0238. The van der Waals surface area contributed by atoms with Crippen molar-refractivity contribution in [3.05, 3.63) is 58.4 Å². The van der Waals surface area contributed by atoms with E-state index in [1.54, 1.807) is 0 Å². The predicted octanol–water partition coefficient (Wildman–Crippen LogP) is 0.837. The fourth-order valence-corrected chi connectivity index (χ4v) is 3.11. The Labute approximate surface area is 160 Å².